The number of alkyl halides is 2. The molecule has 2 heterocycles. The number of benzene rings is 1. The number of nitrogens with zero attached hydrogens (tertiary/aromatic N) is 3. The standard InChI is InChI=1S/C15H17F2N3O2S/c16-15(17)5-7-19(11-15)13-4-6-20(10-13)23(21,22)14-3-1-2-12(8-14)9-18/h1-3,8,13H,4-7,10-11H2. The summed E-state index contributed by atoms with van der Waals surface area (Å²) >= 11 is 0. The molecule has 0 radical (unpaired) electrons. The third-order valence-corrected chi connectivity index (χ3v) is 6.30. The van der Waals surface area contributed by atoms with Crippen LogP contribution in [0.3, 0.4) is 0 Å². The van der Waals surface area contributed by atoms with Gasteiger partial charge in [0.05, 0.1) is 23.1 Å². The SMILES string of the molecule is N#Cc1cccc(S(=O)(=O)N2CCC(N3CCC(F)(F)C3)C2)c1. The number of nitriles is 1. The van der Waals surface area contributed by atoms with Gasteiger partial charge in [-0.2, -0.15) is 9.57 Å². The van der Waals surface area contributed by atoms with Crippen LogP contribution in [0.1, 0.15) is 18.4 Å². The zero-order chi connectivity index (χ0) is 16.7. The fourth-order valence-corrected chi connectivity index (χ4v) is 4.71. The molecule has 2 fully saturated rings. The molecule has 0 bridgehead atoms. The second-order valence-corrected chi connectivity index (χ2v) is 7.96. The fourth-order valence-electron chi connectivity index (χ4n) is 3.18. The minimum atomic E-state index is -3.69. The molecular weight excluding hydrogens is 324 g/mol. The Morgan fingerprint density at radius 3 is 2.74 bits per heavy atom. The van der Waals surface area contributed by atoms with Crippen LogP contribution in [-0.2, 0) is 10.0 Å². The van der Waals surface area contributed by atoms with E-state index >= 15 is 0 Å². The minimum Gasteiger partial charge on any atom is -0.293 e. The zero-order valence-corrected chi connectivity index (χ0v) is 13.3. The Morgan fingerprint density at radius 2 is 2.09 bits per heavy atom. The first-order chi connectivity index (χ1) is 10.8. The molecule has 1 aromatic rings. The first-order valence-corrected chi connectivity index (χ1v) is 8.88. The van der Waals surface area contributed by atoms with Gasteiger partial charge in [0.25, 0.3) is 5.92 Å². The van der Waals surface area contributed by atoms with Crippen LogP contribution in [0.4, 0.5) is 8.78 Å². The van der Waals surface area contributed by atoms with Gasteiger partial charge in [-0.1, -0.05) is 6.07 Å². The van der Waals surface area contributed by atoms with E-state index in [9.17, 15) is 17.2 Å². The summed E-state index contributed by atoms with van der Waals surface area (Å²) in [4.78, 5) is 1.75. The van der Waals surface area contributed by atoms with Crippen LogP contribution in [-0.4, -0.2) is 55.8 Å². The van der Waals surface area contributed by atoms with Gasteiger partial charge in [0.1, 0.15) is 0 Å². The largest absolute Gasteiger partial charge is 0.293 e. The van der Waals surface area contributed by atoms with Gasteiger partial charge in [-0.3, -0.25) is 4.90 Å². The predicted octanol–water partition coefficient (Wildman–Crippen LogP) is 1.66. The van der Waals surface area contributed by atoms with Crippen molar-refractivity contribution in [3.63, 3.8) is 0 Å². The van der Waals surface area contributed by atoms with E-state index in [1.54, 1.807) is 4.90 Å². The van der Waals surface area contributed by atoms with Crippen molar-refractivity contribution in [2.45, 2.75) is 29.7 Å². The van der Waals surface area contributed by atoms with Crippen LogP contribution < -0.4 is 0 Å². The maximum absolute atomic E-state index is 13.3. The van der Waals surface area contributed by atoms with Crippen molar-refractivity contribution in [3.8, 4) is 6.07 Å². The predicted molar refractivity (Wildman–Crippen MR) is 79.5 cm³/mol. The maximum Gasteiger partial charge on any atom is 0.261 e. The topological polar surface area (TPSA) is 64.4 Å². The average Bonchev–Trinajstić information content (AvgIpc) is 3.14. The Balaban J connectivity index is 1.74. The summed E-state index contributed by atoms with van der Waals surface area (Å²) < 4.78 is 53.3. The summed E-state index contributed by atoms with van der Waals surface area (Å²) in [6, 6.07) is 7.61. The van der Waals surface area contributed by atoms with Gasteiger partial charge in [0.2, 0.25) is 10.0 Å². The molecule has 3 rings (SSSR count). The lowest BCUT2D eigenvalue weighted by Gasteiger charge is -2.23. The highest BCUT2D eigenvalue weighted by Crippen LogP contribution is 2.32. The van der Waals surface area contributed by atoms with Crippen LogP contribution >= 0.6 is 0 Å². The quantitative estimate of drug-likeness (QED) is 0.839. The Morgan fingerprint density at radius 1 is 1.30 bits per heavy atom. The van der Waals surface area contributed by atoms with Gasteiger partial charge >= 0.3 is 0 Å². The Labute approximate surface area is 134 Å². The molecule has 2 aliphatic rings. The summed E-state index contributed by atoms with van der Waals surface area (Å²) in [6.45, 7) is 0.534. The highest BCUT2D eigenvalue weighted by Gasteiger charge is 2.44. The van der Waals surface area contributed by atoms with E-state index in [0.29, 0.717) is 19.5 Å². The highest BCUT2D eigenvalue weighted by molar-refractivity contribution is 7.89. The van der Waals surface area contributed by atoms with Crippen molar-refractivity contribution in [1.82, 2.24) is 9.21 Å². The summed E-state index contributed by atoms with van der Waals surface area (Å²) in [5, 5.41) is 8.89. The van der Waals surface area contributed by atoms with E-state index in [1.165, 1.54) is 28.6 Å². The number of rotatable bonds is 3. The van der Waals surface area contributed by atoms with Crippen molar-refractivity contribution in [2.75, 3.05) is 26.2 Å². The van der Waals surface area contributed by atoms with Gasteiger partial charge in [-0.15, -0.1) is 0 Å². The molecule has 8 heteroatoms. The van der Waals surface area contributed by atoms with Crippen LogP contribution in [0.5, 0.6) is 0 Å². The lowest BCUT2D eigenvalue weighted by molar-refractivity contribution is 0.00832. The zero-order valence-electron chi connectivity index (χ0n) is 12.5. The molecule has 0 aliphatic carbocycles. The van der Waals surface area contributed by atoms with E-state index in [0.717, 1.165) is 0 Å². The molecule has 0 aromatic heterocycles. The van der Waals surface area contributed by atoms with Gasteiger partial charge in [-0.25, -0.2) is 17.2 Å². The third-order valence-electron chi connectivity index (χ3n) is 4.44. The lowest BCUT2D eigenvalue weighted by Crippen LogP contribution is -2.38. The molecule has 2 saturated heterocycles. The minimum absolute atomic E-state index is 0.0731. The smallest absolute Gasteiger partial charge is 0.261 e. The first kappa shape index (κ1) is 16.3. The average molecular weight is 341 g/mol. The van der Waals surface area contributed by atoms with E-state index in [-0.39, 0.29) is 36.0 Å². The van der Waals surface area contributed by atoms with E-state index < -0.39 is 15.9 Å². The number of halogens is 2. The lowest BCUT2D eigenvalue weighted by atomic mass is 10.2. The molecule has 23 heavy (non-hydrogen) atoms. The second-order valence-electron chi connectivity index (χ2n) is 6.02. The van der Waals surface area contributed by atoms with E-state index in [4.69, 9.17) is 5.26 Å². The summed E-state index contributed by atoms with van der Waals surface area (Å²) in [5.74, 6) is -2.67. The van der Waals surface area contributed by atoms with Crippen LogP contribution in [0.2, 0.25) is 0 Å². The molecule has 5 nitrogen and oxygen atoms in total. The van der Waals surface area contributed by atoms with Gasteiger partial charge in [0, 0.05) is 32.1 Å². The van der Waals surface area contributed by atoms with Crippen LogP contribution in [0, 0.1) is 11.3 Å². The Bertz CT molecular complexity index is 745. The highest BCUT2D eigenvalue weighted by atomic mass is 32.2. The van der Waals surface area contributed by atoms with Crippen LogP contribution in [0.15, 0.2) is 29.2 Å². The van der Waals surface area contributed by atoms with Gasteiger partial charge in [0.15, 0.2) is 0 Å². The molecule has 0 spiro atoms. The van der Waals surface area contributed by atoms with Gasteiger partial charge < -0.3 is 0 Å². The molecule has 1 aromatic carbocycles. The van der Waals surface area contributed by atoms with Crippen LogP contribution in [0.25, 0.3) is 0 Å². The first-order valence-electron chi connectivity index (χ1n) is 7.44. The molecule has 2 aliphatic heterocycles. The number of sulfonamides is 1. The summed E-state index contributed by atoms with van der Waals surface area (Å²) in [6.07, 6.45) is 0.383. The maximum atomic E-state index is 13.3. The molecular formula is C15H17F2N3O2S. The molecule has 0 saturated carbocycles. The van der Waals surface area contributed by atoms with Crippen molar-refractivity contribution in [2.24, 2.45) is 0 Å². The van der Waals surface area contributed by atoms with Crippen molar-refractivity contribution >= 4 is 10.0 Å². The fraction of sp³-hybridized carbons (Fsp3) is 0.533. The normalized spacial score (nSPS) is 25.5. The summed E-state index contributed by atoms with van der Waals surface area (Å²) in [7, 11) is -3.69. The van der Waals surface area contributed by atoms with E-state index in [2.05, 4.69) is 0 Å². The number of hydrogen-bond acceptors (Lipinski definition) is 4. The van der Waals surface area contributed by atoms with Crippen molar-refractivity contribution < 1.29 is 17.2 Å². The van der Waals surface area contributed by atoms with Gasteiger partial charge in [-0.05, 0) is 24.6 Å². The van der Waals surface area contributed by atoms with E-state index in [1.807, 2.05) is 6.07 Å². The van der Waals surface area contributed by atoms with Crippen molar-refractivity contribution in [1.29, 1.82) is 5.26 Å². The Hall–Kier alpha value is -1.56. The molecule has 1 unspecified atom stereocenters. The molecule has 124 valence electrons. The summed E-state index contributed by atoms with van der Waals surface area (Å²) in [5.41, 5.74) is 0.279. The monoisotopic (exact) mass is 341 g/mol. The third kappa shape index (κ3) is 3.22. The second kappa shape index (κ2) is 5.82. The van der Waals surface area contributed by atoms with Crippen molar-refractivity contribution in [3.05, 3.63) is 29.8 Å². The number of hydrogen-bond donors (Lipinski definition) is 0. The Kier molecular flexibility index (Phi) is 4.12. The molecule has 0 amide bonds. The molecule has 1 atom stereocenters. The number of likely N-dealkylation sites (tertiary alicyclic amines) is 1. The molecule has 0 N–H and O–H groups in total.